The Hall–Kier alpha value is -1.56. The SMILES string of the molecule is C[C@@H](CNC(=O)C1(NC(=O)OC(C)(C)C)CC1)c1ccsc1. The molecule has 6 heteroatoms. The lowest BCUT2D eigenvalue weighted by Crippen LogP contribution is -2.50. The third kappa shape index (κ3) is 4.47. The lowest BCUT2D eigenvalue weighted by molar-refractivity contribution is -0.124. The van der Waals surface area contributed by atoms with Crippen LogP contribution in [0.1, 0.15) is 52.0 Å². The smallest absolute Gasteiger partial charge is 0.408 e. The van der Waals surface area contributed by atoms with Crippen LogP contribution in [0.25, 0.3) is 0 Å². The van der Waals surface area contributed by atoms with Gasteiger partial charge in [-0.05, 0) is 61.9 Å². The molecule has 1 aromatic rings. The number of carbonyl (C=O) groups is 2. The highest BCUT2D eigenvalue weighted by Crippen LogP contribution is 2.36. The van der Waals surface area contributed by atoms with Crippen molar-refractivity contribution in [2.45, 2.75) is 57.6 Å². The van der Waals surface area contributed by atoms with Gasteiger partial charge in [0.05, 0.1) is 0 Å². The molecule has 1 saturated carbocycles. The van der Waals surface area contributed by atoms with Crippen LogP contribution in [0.4, 0.5) is 4.79 Å². The zero-order valence-electron chi connectivity index (χ0n) is 13.6. The van der Waals surface area contributed by atoms with Crippen LogP contribution in [0.15, 0.2) is 16.8 Å². The molecule has 1 aliphatic rings. The van der Waals surface area contributed by atoms with E-state index in [0.717, 1.165) is 0 Å². The van der Waals surface area contributed by atoms with Crippen LogP contribution in [0.3, 0.4) is 0 Å². The molecule has 0 unspecified atom stereocenters. The predicted octanol–water partition coefficient (Wildman–Crippen LogP) is 3.03. The monoisotopic (exact) mass is 324 g/mol. The number of alkyl carbamates (subject to hydrolysis) is 1. The lowest BCUT2D eigenvalue weighted by atomic mass is 10.1. The van der Waals surface area contributed by atoms with Crippen molar-refractivity contribution in [1.29, 1.82) is 0 Å². The van der Waals surface area contributed by atoms with E-state index in [1.165, 1.54) is 5.56 Å². The standard InChI is InChI=1S/C16H24N2O3S/c1-11(12-5-8-22-10-12)9-17-13(19)16(6-7-16)18-14(20)21-15(2,3)4/h5,8,10-11H,6-7,9H2,1-4H3,(H,17,19)(H,18,20)/t11-/m0/s1. The Kier molecular flexibility index (Phi) is 4.80. The van der Waals surface area contributed by atoms with E-state index in [9.17, 15) is 9.59 Å². The molecule has 1 aliphatic carbocycles. The maximum Gasteiger partial charge on any atom is 0.408 e. The summed E-state index contributed by atoms with van der Waals surface area (Å²) in [6.07, 6.45) is 0.779. The van der Waals surface area contributed by atoms with E-state index >= 15 is 0 Å². The normalized spacial score (nSPS) is 17.5. The molecule has 5 nitrogen and oxygen atoms in total. The van der Waals surface area contributed by atoms with Gasteiger partial charge in [-0.2, -0.15) is 11.3 Å². The van der Waals surface area contributed by atoms with Crippen LogP contribution in [0, 0.1) is 0 Å². The number of hydrogen-bond acceptors (Lipinski definition) is 4. The molecule has 0 aromatic carbocycles. The first-order valence-electron chi connectivity index (χ1n) is 7.53. The number of ether oxygens (including phenoxy) is 1. The van der Waals surface area contributed by atoms with Gasteiger partial charge in [-0.15, -0.1) is 0 Å². The Labute approximate surface area is 135 Å². The highest BCUT2D eigenvalue weighted by Gasteiger charge is 2.51. The molecule has 2 N–H and O–H groups in total. The molecule has 122 valence electrons. The molecular weight excluding hydrogens is 300 g/mol. The van der Waals surface area contributed by atoms with Crippen molar-refractivity contribution in [2.24, 2.45) is 0 Å². The Bertz CT molecular complexity index is 530. The summed E-state index contributed by atoms with van der Waals surface area (Å²) in [5, 5.41) is 9.76. The van der Waals surface area contributed by atoms with Crippen LogP contribution in [-0.4, -0.2) is 29.7 Å². The second-order valence-electron chi connectivity index (χ2n) is 6.88. The fourth-order valence-corrected chi connectivity index (χ4v) is 2.90. The first kappa shape index (κ1) is 16.8. The molecule has 0 bridgehead atoms. The Balaban J connectivity index is 1.83. The van der Waals surface area contributed by atoms with E-state index in [1.54, 1.807) is 32.1 Å². The summed E-state index contributed by atoms with van der Waals surface area (Å²) in [4.78, 5) is 24.2. The van der Waals surface area contributed by atoms with Crippen molar-refractivity contribution in [3.63, 3.8) is 0 Å². The molecule has 1 heterocycles. The first-order chi connectivity index (χ1) is 10.2. The van der Waals surface area contributed by atoms with Gasteiger partial charge < -0.3 is 15.4 Å². The molecule has 2 amide bonds. The van der Waals surface area contributed by atoms with Crippen molar-refractivity contribution >= 4 is 23.3 Å². The summed E-state index contributed by atoms with van der Waals surface area (Å²) in [5.41, 5.74) is -0.129. The molecule has 0 radical (unpaired) electrons. The average Bonchev–Trinajstić information content (AvgIpc) is 2.97. The van der Waals surface area contributed by atoms with E-state index < -0.39 is 17.2 Å². The third-order valence-electron chi connectivity index (χ3n) is 3.61. The number of nitrogens with one attached hydrogen (secondary N) is 2. The number of carbonyl (C=O) groups excluding carboxylic acids is 2. The van der Waals surface area contributed by atoms with E-state index in [-0.39, 0.29) is 11.8 Å². The number of thiophene rings is 1. The molecule has 22 heavy (non-hydrogen) atoms. The fraction of sp³-hybridized carbons (Fsp3) is 0.625. The van der Waals surface area contributed by atoms with Gasteiger partial charge in [0, 0.05) is 6.54 Å². The third-order valence-corrected chi connectivity index (χ3v) is 4.31. The van der Waals surface area contributed by atoms with Gasteiger partial charge in [0.1, 0.15) is 11.1 Å². The highest BCUT2D eigenvalue weighted by molar-refractivity contribution is 7.07. The van der Waals surface area contributed by atoms with Crippen LogP contribution >= 0.6 is 11.3 Å². The quantitative estimate of drug-likeness (QED) is 0.875. The summed E-state index contributed by atoms with van der Waals surface area (Å²) >= 11 is 1.65. The van der Waals surface area contributed by atoms with E-state index in [1.807, 2.05) is 5.38 Å². The molecule has 1 atom stereocenters. The fourth-order valence-electron chi connectivity index (χ4n) is 2.12. The van der Waals surface area contributed by atoms with Gasteiger partial charge in [-0.3, -0.25) is 4.79 Å². The van der Waals surface area contributed by atoms with Crippen LogP contribution in [0.2, 0.25) is 0 Å². The molecule has 2 rings (SSSR count). The zero-order valence-corrected chi connectivity index (χ0v) is 14.4. The van der Waals surface area contributed by atoms with Crippen molar-refractivity contribution in [1.82, 2.24) is 10.6 Å². The maximum absolute atomic E-state index is 12.3. The van der Waals surface area contributed by atoms with Crippen LogP contribution < -0.4 is 10.6 Å². The van der Waals surface area contributed by atoms with Gasteiger partial charge >= 0.3 is 6.09 Å². The van der Waals surface area contributed by atoms with E-state index in [4.69, 9.17) is 4.74 Å². The molecule has 1 fully saturated rings. The highest BCUT2D eigenvalue weighted by atomic mass is 32.1. The van der Waals surface area contributed by atoms with E-state index in [2.05, 4.69) is 29.0 Å². The molecule has 0 aliphatic heterocycles. The van der Waals surface area contributed by atoms with Crippen molar-refractivity contribution < 1.29 is 14.3 Å². The number of rotatable bonds is 5. The molecule has 0 saturated heterocycles. The molecule has 1 aromatic heterocycles. The summed E-state index contributed by atoms with van der Waals surface area (Å²) in [6.45, 7) is 8.04. The van der Waals surface area contributed by atoms with Crippen LogP contribution in [-0.2, 0) is 9.53 Å². The lowest BCUT2D eigenvalue weighted by Gasteiger charge is -2.23. The van der Waals surface area contributed by atoms with E-state index in [0.29, 0.717) is 19.4 Å². The minimum Gasteiger partial charge on any atom is -0.444 e. The van der Waals surface area contributed by atoms with Gasteiger partial charge in [0.25, 0.3) is 0 Å². The predicted molar refractivity (Wildman–Crippen MR) is 87.1 cm³/mol. The van der Waals surface area contributed by atoms with Gasteiger partial charge in [0.15, 0.2) is 0 Å². The Morgan fingerprint density at radius 3 is 2.59 bits per heavy atom. The van der Waals surface area contributed by atoms with Crippen molar-refractivity contribution in [3.05, 3.63) is 22.4 Å². The summed E-state index contributed by atoms with van der Waals surface area (Å²) < 4.78 is 5.22. The maximum atomic E-state index is 12.3. The van der Waals surface area contributed by atoms with Crippen molar-refractivity contribution in [3.8, 4) is 0 Å². The largest absolute Gasteiger partial charge is 0.444 e. The minimum atomic E-state index is -0.781. The second kappa shape index (κ2) is 6.28. The molecule has 0 spiro atoms. The van der Waals surface area contributed by atoms with Gasteiger partial charge in [-0.1, -0.05) is 6.92 Å². The van der Waals surface area contributed by atoms with Crippen molar-refractivity contribution in [2.75, 3.05) is 6.54 Å². The second-order valence-corrected chi connectivity index (χ2v) is 7.66. The number of amides is 2. The topological polar surface area (TPSA) is 67.4 Å². The molecular formula is C16H24N2O3S. The first-order valence-corrected chi connectivity index (χ1v) is 8.48. The number of hydrogen-bond donors (Lipinski definition) is 2. The van der Waals surface area contributed by atoms with Gasteiger partial charge in [0.2, 0.25) is 5.91 Å². The summed E-state index contributed by atoms with van der Waals surface area (Å²) in [6, 6.07) is 2.06. The minimum absolute atomic E-state index is 0.125. The zero-order chi connectivity index (χ0) is 16.4. The summed E-state index contributed by atoms with van der Waals surface area (Å²) in [5.74, 6) is 0.132. The Morgan fingerprint density at radius 1 is 1.41 bits per heavy atom. The van der Waals surface area contributed by atoms with Crippen LogP contribution in [0.5, 0.6) is 0 Å². The van der Waals surface area contributed by atoms with Gasteiger partial charge in [-0.25, -0.2) is 4.79 Å². The summed E-state index contributed by atoms with van der Waals surface area (Å²) in [7, 11) is 0. The average molecular weight is 324 g/mol. The Morgan fingerprint density at radius 2 is 2.09 bits per heavy atom.